The highest BCUT2D eigenvalue weighted by Crippen LogP contribution is 2.28. The normalized spacial score (nSPS) is 18.3. The Kier molecular flexibility index (Phi) is 4.89. The zero-order chi connectivity index (χ0) is 16.1. The molecule has 0 aromatic heterocycles. The van der Waals surface area contributed by atoms with Crippen molar-refractivity contribution in [1.82, 2.24) is 4.90 Å². The van der Waals surface area contributed by atoms with Crippen LogP contribution in [0.2, 0.25) is 0 Å². The van der Waals surface area contributed by atoms with Crippen LogP contribution in [0.5, 0.6) is 0 Å². The molecule has 2 aromatic rings. The van der Waals surface area contributed by atoms with E-state index in [1.54, 1.807) is 12.1 Å². The molecule has 1 fully saturated rings. The average molecular weight is 309 g/mol. The van der Waals surface area contributed by atoms with Crippen LogP contribution in [-0.2, 0) is 5.60 Å². The second kappa shape index (κ2) is 7.07. The number of carbonyl (C=O) groups is 1. The zero-order valence-corrected chi connectivity index (χ0v) is 13.3. The fraction of sp³-hybridized carbons (Fsp3) is 0.350. The number of piperidine rings is 1. The number of ketones is 1. The lowest BCUT2D eigenvalue weighted by Crippen LogP contribution is -2.48. The standard InChI is InChI=1S/C20H23NO2/c22-19(17-10-4-1-5-11-17)20(23,18-12-6-2-7-13-18)16-21-14-8-3-9-15-21/h1-2,4-7,10-13,23H,3,8-9,14-16H2. The molecule has 3 heteroatoms. The molecule has 1 saturated heterocycles. The summed E-state index contributed by atoms with van der Waals surface area (Å²) >= 11 is 0. The first-order valence-corrected chi connectivity index (χ1v) is 8.30. The summed E-state index contributed by atoms with van der Waals surface area (Å²) in [6.45, 7) is 2.24. The predicted molar refractivity (Wildman–Crippen MR) is 91.4 cm³/mol. The number of β-amino-alcohol motifs (C(OH)–C–C–N with tert-alkyl or cyclic N) is 1. The molecule has 0 amide bonds. The van der Waals surface area contributed by atoms with Crippen LogP contribution in [0.3, 0.4) is 0 Å². The Labute approximate surface area is 137 Å². The summed E-state index contributed by atoms with van der Waals surface area (Å²) < 4.78 is 0. The van der Waals surface area contributed by atoms with Gasteiger partial charge in [-0.3, -0.25) is 9.69 Å². The van der Waals surface area contributed by atoms with Gasteiger partial charge in [-0.2, -0.15) is 0 Å². The maximum Gasteiger partial charge on any atom is 0.200 e. The smallest absolute Gasteiger partial charge is 0.200 e. The lowest BCUT2D eigenvalue weighted by Gasteiger charge is -2.35. The Morgan fingerprint density at radius 2 is 1.48 bits per heavy atom. The average Bonchev–Trinajstić information content (AvgIpc) is 2.63. The van der Waals surface area contributed by atoms with Gasteiger partial charge in [0.2, 0.25) is 0 Å². The lowest BCUT2D eigenvalue weighted by atomic mass is 9.85. The van der Waals surface area contributed by atoms with Crippen molar-refractivity contribution in [2.24, 2.45) is 0 Å². The third-order valence-corrected chi connectivity index (χ3v) is 4.56. The van der Waals surface area contributed by atoms with Crippen LogP contribution < -0.4 is 0 Å². The SMILES string of the molecule is O=C(c1ccccc1)C(O)(CN1CCCCC1)c1ccccc1. The minimum Gasteiger partial charge on any atom is -0.376 e. The highest BCUT2D eigenvalue weighted by Gasteiger charge is 2.40. The summed E-state index contributed by atoms with van der Waals surface area (Å²) in [7, 11) is 0. The van der Waals surface area contributed by atoms with Crippen molar-refractivity contribution >= 4 is 5.78 Å². The highest BCUT2D eigenvalue weighted by atomic mass is 16.3. The summed E-state index contributed by atoms with van der Waals surface area (Å²) in [5.74, 6) is -0.227. The molecule has 120 valence electrons. The summed E-state index contributed by atoms with van der Waals surface area (Å²) in [6.07, 6.45) is 3.49. The van der Waals surface area contributed by atoms with E-state index in [1.165, 1.54) is 6.42 Å². The molecule has 1 aliphatic heterocycles. The van der Waals surface area contributed by atoms with Crippen molar-refractivity contribution in [3.05, 3.63) is 71.8 Å². The van der Waals surface area contributed by atoms with Gasteiger partial charge < -0.3 is 5.11 Å². The minimum atomic E-state index is -1.50. The van der Waals surface area contributed by atoms with Crippen LogP contribution in [0, 0.1) is 0 Å². The predicted octanol–water partition coefficient (Wildman–Crippen LogP) is 3.24. The molecule has 0 aliphatic carbocycles. The summed E-state index contributed by atoms with van der Waals surface area (Å²) in [5.41, 5.74) is -0.282. The molecular weight excluding hydrogens is 286 g/mol. The van der Waals surface area contributed by atoms with Gasteiger partial charge in [-0.05, 0) is 31.5 Å². The Hall–Kier alpha value is -1.97. The van der Waals surface area contributed by atoms with Crippen LogP contribution in [0.1, 0.15) is 35.2 Å². The first kappa shape index (κ1) is 15.9. The quantitative estimate of drug-likeness (QED) is 0.862. The van der Waals surface area contributed by atoms with Gasteiger partial charge in [0.25, 0.3) is 0 Å². The molecule has 1 aliphatic rings. The maximum absolute atomic E-state index is 13.1. The molecule has 0 saturated carbocycles. The Morgan fingerprint density at radius 1 is 0.913 bits per heavy atom. The zero-order valence-electron chi connectivity index (χ0n) is 13.3. The van der Waals surface area contributed by atoms with Crippen molar-refractivity contribution in [3.8, 4) is 0 Å². The second-order valence-corrected chi connectivity index (χ2v) is 6.26. The summed E-state index contributed by atoms with van der Waals surface area (Å²) in [4.78, 5) is 15.3. The number of hydrogen-bond donors (Lipinski definition) is 1. The van der Waals surface area contributed by atoms with Crippen molar-refractivity contribution in [3.63, 3.8) is 0 Å². The monoisotopic (exact) mass is 309 g/mol. The van der Waals surface area contributed by atoms with Crippen LogP contribution in [0.25, 0.3) is 0 Å². The molecule has 23 heavy (non-hydrogen) atoms. The van der Waals surface area contributed by atoms with Crippen molar-refractivity contribution in [2.45, 2.75) is 24.9 Å². The van der Waals surface area contributed by atoms with Crippen molar-refractivity contribution < 1.29 is 9.90 Å². The molecule has 0 radical (unpaired) electrons. The molecular formula is C20H23NO2. The first-order chi connectivity index (χ1) is 11.2. The molecule has 1 heterocycles. The molecule has 2 aromatic carbocycles. The molecule has 1 atom stereocenters. The van der Waals surface area contributed by atoms with Crippen LogP contribution in [0.4, 0.5) is 0 Å². The number of hydrogen-bond acceptors (Lipinski definition) is 3. The Bertz CT molecular complexity index is 635. The molecule has 3 nitrogen and oxygen atoms in total. The van der Waals surface area contributed by atoms with E-state index < -0.39 is 5.60 Å². The number of nitrogens with zero attached hydrogens (tertiary/aromatic N) is 1. The lowest BCUT2D eigenvalue weighted by molar-refractivity contribution is 0.00459. The molecule has 0 spiro atoms. The number of aliphatic hydroxyl groups is 1. The third kappa shape index (κ3) is 3.52. The van der Waals surface area contributed by atoms with E-state index in [2.05, 4.69) is 4.90 Å². The molecule has 1 unspecified atom stereocenters. The molecule has 3 rings (SSSR count). The third-order valence-electron chi connectivity index (χ3n) is 4.56. The number of likely N-dealkylation sites (tertiary alicyclic amines) is 1. The van der Waals surface area contributed by atoms with E-state index in [-0.39, 0.29) is 5.78 Å². The van der Waals surface area contributed by atoms with Gasteiger partial charge in [0.05, 0.1) is 0 Å². The van der Waals surface area contributed by atoms with Crippen molar-refractivity contribution in [1.29, 1.82) is 0 Å². The van der Waals surface area contributed by atoms with Gasteiger partial charge in [-0.1, -0.05) is 67.1 Å². The fourth-order valence-corrected chi connectivity index (χ4v) is 3.28. The number of rotatable bonds is 5. The maximum atomic E-state index is 13.1. The van der Waals surface area contributed by atoms with E-state index >= 15 is 0 Å². The molecule has 1 N–H and O–H groups in total. The van der Waals surface area contributed by atoms with Crippen LogP contribution >= 0.6 is 0 Å². The summed E-state index contributed by atoms with van der Waals surface area (Å²) in [6, 6.07) is 18.4. The van der Waals surface area contributed by atoms with Gasteiger partial charge in [0, 0.05) is 12.1 Å². The Morgan fingerprint density at radius 3 is 2.09 bits per heavy atom. The van der Waals surface area contributed by atoms with E-state index in [1.807, 2.05) is 48.5 Å². The fourth-order valence-electron chi connectivity index (χ4n) is 3.28. The topological polar surface area (TPSA) is 40.5 Å². The van der Waals surface area contributed by atoms with E-state index in [0.717, 1.165) is 25.9 Å². The number of Topliss-reactive ketones (excluding diaryl/α,β-unsaturated/α-hetero) is 1. The largest absolute Gasteiger partial charge is 0.376 e. The van der Waals surface area contributed by atoms with E-state index in [0.29, 0.717) is 17.7 Å². The van der Waals surface area contributed by atoms with Crippen molar-refractivity contribution in [2.75, 3.05) is 19.6 Å². The van der Waals surface area contributed by atoms with Gasteiger partial charge in [-0.25, -0.2) is 0 Å². The van der Waals surface area contributed by atoms with Crippen LogP contribution in [-0.4, -0.2) is 35.4 Å². The van der Waals surface area contributed by atoms with Gasteiger partial charge in [0.1, 0.15) is 0 Å². The van der Waals surface area contributed by atoms with Gasteiger partial charge in [-0.15, -0.1) is 0 Å². The minimum absolute atomic E-state index is 0.227. The summed E-state index contributed by atoms with van der Waals surface area (Å²) in [5, 5.41) is 11.4. The Balaban J connectivity index is 1.94. The second-order valence-electron chi connectivity index (χ2n) is 6.26. The first-order valence-electron chi connectivity index (χ1n) is 8.30. The van der Waals surface area contributed by atoms with Gasteiger partial charge in [0.15, 0.2) is 11.4 Å². The van der Waals surface area contributed by atoms with Crippen LogP contribution in [0.15, 0.2) is 60.7 Å². The van der Waals surface area contributed by atoms with E-state index in [9.17, 15) is 9.90 Å². The highest BCUT2D eigenvalue weighted by molar-refractivity contribution is 6.03. The number of carbonyl (C=O) groups excluding carboxylic acids is 1. The molecule has 0 bridgehead atoms. The van der Waals surface area contributed by atoms with Gasteiger partial charge >= 0.3 is 0 Å². The number of benzene rings is 2. The van der Waals surface area contributed by atoms with E-state index in [4.69, 9.17) is 0 Å².